The van der Waals surface area contributed by atoms with Crippen LogP contribution in [0.5, 0.6) is 5.75 Å². The van der Waals surface area contributed by atoms with Crippen LogP contribution < -0.4 is 21.1 Å². The molecule has 186 valence electrons. The molecule has 0 bridgehead atoms. The molecule has 1 atom stereocenters. The van der Waals surface area contributed by atoms with Crippen molar-refractivity contribution in [3.63, 3.8) is 0 Å². The van der Waals surface area contributed by atoms with Crippen LogP contribution >= 0.6 is 0 Å². The minimum Gasteiger partial charge on any atom is -0.497 e. The number of halogens is 1. The van der Waals surface area contributed by atoms with E-state index in [2.05, 4.69) is 10.6 Å². The number of anilines is 1. The van der Waals surface area contributed by atoms with E-state index in [1.54, 1.807) is 24.3 Å². The molecular formula is C25H30FN5O4. The fourth-order valence-electron chi connectivity index (χ4n) is 4.53. The largest absolute Gasteiger partial charge is 0.497 e. The normalized spacial score (nSPS) is 22.0. The van der Waals surface area contributed by atoms with E-state index in [1.165, 1.54) is 41.2 Å². The van der Waals surface area contributed by atoms with Crippen molar-refractivity contribution in [2.45, 2.75) is 43.9 Å². The lowest BCUT2D eigenvalue weighted by Gasteiger charge is -2.32. The van der Waals surface area contributed by atoms with E-state index in [0.717, 1.165) is 25.7 Å². The van der Waals surface area contributed by atoms with Gasteiger partial charge in [-0.3, -0.25) is 14.5 Å². The number of urea groups is 1. The van der Waals surface area contributed by atoms with Gasteiger partial charge in [-0.1, -0.05) is 6.07 Å². The molecule has 4 N–H and O–H groups in total. The minimum atomic E-state index is -1.14. The van der Waals surface area contributed by atoms with Crippen molar-refractivity contribution in [3.8, 4) is 5.75 Å². The number of benzene rings is 2. The Labute approximate surface area is 203 Å². The fourth-order valence-corrected chi connectivity index (χ4v) is 4.53. The van der Waals surface area contributed by atoms with E-state index in [9.17, 15) is 18.8 Å². The van der Waals surface area contributed by atoms with Gasteiger partial charge in [-0.2, -0.15) is 0 Å². The maximum Gasteiger partial charge on any atom is 0.323 e. The molecule has 2 fully saturated rings. The number of hydrogen-bond donors (Lipinski definition) is 3. The molecule has 2 aliphatic rings. The zero-order valence-electron chi connectivity index (χ0n) is 19.6. The van der Waals surface area contributed by atoms with Crippen molar-refractivity contribution in [1.29, 1.82) is 0 Å². The highest BCUT2D eigenvalue weighted by Crippen LogP contribution is 2.23. The Bertz CT molecular complexity index is 1070. The molecule has 1 heterocycles. The molecule has 4 amide bonds. The molecule has 0 aromatic heterocycles. The van der Waals surface area contributed by atoms with Crippen LogP contribution in [0.3, 0.4) is 0 Å². The first kappa shape index (κ1) is 24.5. The molecule has 1 aliphatic carbocycles. The fraction of sp³-hybridized carbons (Fsp3) is 0.400. The first-order valence-corrected chi connectivity index (χ1v) is 11.7. The van der Waals surface area contributed by atoms with Crippen LogP contribution in [0, 0.1) is 5.82 Å². The molecule has 1 aliphatic heterocycles. The second-order valence-corrected chi connectivity index (χ2v) is 8.85. The quantitative estimate of drug-likeness (QED) is 0.604. The SMILES string of the molecule is COc1cccc(NC(=O)N2CCN(C(=O)c3ccc(F)cc3)C2C(=O)NC2CCC(N)CC2)c1. The summed E-state index contributed by atoms with van der Waals surface area (Å²) in [5, 5.41) is 5.79. The first-order valence-electron chi connectivity index (χ1n) is 11.7. The number of rotatable bonds is 5. The summed E-state index contributed by atoms with van der Waals surface area (Å²) < 4.78 is 18.6. The van der Waals surface area contributed by atoms with E-state index < -0.39 is 29.8 Å². The van der Waals surface area contributed by atoms with Crippen molar-refractivity contribution in [1.82, 2.24) is 15.1 Å². The van der Waals surface area contributed by atoms with Crippen LogP contribution in [-0.4, -0.2) is 66.1 Å². The Kier molecular flexibility index (Phi) is 7.50. The summed E-state index contributed by atoms with van der Waals surface area (Å²) in [5.41, 5.74) is 6.72. The molecule has 35 heavy (non-hydrogen) atoms. The predicted octanol–water partition coefficient (Wildman–Crippen LogP) is 2.54. The van der Waals surface area contributed by atoms with Crippen LogP contribution in [-0.2, 0) is 4.79 Å². The molecule has 0 radical (unpaired) electrons. The Balaban J connectivity index is 1.55. The van der Waals surface area contributed by atoms with Gasteiger partial charge in [0.2, 0.25) is 0 Å². The van der Waals surface area contributed by atoms with Gasteiger partial charge in [0.1, 0.15) is 11.6 Å². The summed E-state index contributed by atoms with van der Waals surface area (Å²) in [7, 11) is 1.53. The van der Waals surface area contributed by atoms with Crippen LogP contribution in [0.25, 0.3) is 0 Å². The van der Waals surface area contributed by atoms with Gasteiger partial charge in [0.15, 0.2) is 6.17 Å². The second kappa shape index (κ2) is 10.7. The van der Waals surface area contributed by atoms with Gasteiger partial charge in [0, 0.05) is 42.5 Å². The van der Waals surface area contributed by atoms with E-state index >= 15 is 0 Å². The highest BCUT2D eigenvalue weighted by molar-refractivity contribution is 6.00. The average molecular weight is 484 g/mol. The monoisotopic (exact) mass is 483 g/mol. The van der Waals surface area contributed by atoms with Crippen LogP contribution in [0.1, 0.15) is 36.0 Å². The molecule has 2 aromatic carbocycles. The summed E-state index contributed by atoms with van der Waals surface area (Å²) in [6.07, 6.45) is 1.93. The molecule has 1 unspecified atom stereocenters. The maximum absolute atomic E-state index is 13.4. The number of ether oxygens (including phenoxy) is 1. The summed E-state index contributed by atoms with van der Waals surface area (Å²) in [6.45, 7) is 0.325. The highest BCUT2D eigenvalue weighted by atomic mass is 19.1. The van der Waals surface area contributed by atoms with Gasteiger partial charge in [-0.25, -0.2) is 9.18 Å². The number of carbonyl (C=O) groups excluding carboxylic acids is 3. The number of carbonyl (C=O) groups is 3. The summed E-state index contributed by atoms with van der Waals surface area (Å²) in [5.74, 6) is -0.777. The third-order valence-electron chi connectivity index (χ3n) is 6.46. The number of amides is 4. The van der Waals surface area contributed by atoms with Crippen LogP contribution in [0.4, 0.5) is 14.9 Å². The second-order valence-electron chi connectivity index (χ2n) is 8.85. The lowest BCUT2D eigenvalue weighted by molar-refractivity contribution is -0.128. The number of nitrogens with two attached hydrogens (primary N) is 1. The zero-order valence-corrected chi connectivity index (χ0v) is 19.6. The Hall–Kier alpha value is -3.66. The summed E-state index contributed by atoms with van der Waals surface area (Å²) >= 11 is 0. The lowest BCUT2D eigenvalue weighted by atomic mass is 9.92. The van der Waals surface area contributed by atoms with Gasteiger partial charge in [-0.15, -0.1) is 0 Å². The number of hydrogen-bond acceptors (Lipinski definition) is 5. The van der Waals surface area contributed by atoms with Crippen molar-refractivity contribution in [2.24, 2.45) is 5.73 Å². The molecule has 4 rings (SSSR count). The Morgan fingerprint density at radius 3 is 2.37 bits per heavy atom. The average Bonchev–Trinajstić information content (AvgIpc) is 3.31. The third kappa shape index (κ3) is 5.71. The van der Waals surface area contributed by atoms with Crippen LogP contribution in [0.2, 0.25) is 0 Å². The summed E-state index contributed by atoms with van der Waals surface area (Å²) in [4.78, 5) is 42.6. The number of nitrogens with one attached hydrogen (secondary N) is 2. The van der Waals surface area contributed by atoms with Gasteiger partial charge in [-0.05, 0) is 62.1 Å². The zero-order chi connectivity index (χ0) is 24.9. The lowest BCUT2D eigenvalue weighted by Crippen LogP contribution is -2.56. The van der Waals surface area contributed by atoms with Crippen molar-refractivity contribution < 1.29 is 23.5 Å². The molecular weight excluding hydrogens is 453 g/mol. The maximum atomic E-state index is 13.4. The minimum absolute atomic E-state index is 0.0750. The van der Waals surface area contributed by atoms with E-state index in [4.69, 9.17) is 10.5 Å². The molecule has 2 aromatic rings. The van der Waals surface area contributed by atoms with Crippen molar-refractivity contribution in [2.75, 3.05) is 25.5 Å². The van der Waals surface area contributed by atoms with Gasteiger partial charge in [0.25, 0.3) is 11.8 Å². The Morgan fingerprint density at radius 2 is 1.69 bits per heavy atom. The van der Waals surface area contributed by atoms with E-state index in [-0.39, 0.29) is 30.7 Å². The summed E-state index contributed by atoms with van der Waals surface area (Å²) in [6, 6.07) is 11.5. The number of methoxy groups -OCH3 is 1. The molecule has 10 heteroatoms. The van der Waals surface area contributed by atoms with Gasteiger partial charge in [0.05, 0.1) is 7.11 Å². The van der Waals surface area contributed by atoms with E-state index in [1.807, 2.05) is 0 Å². The smallest absolute Gasteiger partial charge is 0.323 e. The van der Waals surface area contributed by atoms with E-state index in [0.29, 0.717) is 11.4 Å². The van der Waals surface area contributed by atoms with Gasteiger partial charge >= 0.3 is 6.03 Å². The Morgan fingerprint density at radius 1 is 1.00 bits per heavy atom. The topological polar surface area (TPSA) is 117 Å². The molecule has 1 saturated carbocycles. The van der Waals surface area contributed by atoms with Crippen LogP contribution in [0.15, 0.2) is 48.5 Å². The predicted molar refractivity (Wildman–Crippen MR) is 128 cm³/mol. The molecule has 0 spiro atoms. The third-order valence-corrected chi connectivity index (χ3v) is 6.46. The number of nitrogens with zero attached hydrogens (tertiary/aromatic N) is 2. The molecule has 1 saturated heterocycles. The highest BCUT2D eigenvalue weighted by Gasteiger charge is 2.43. The molecule has 9 nitrogen and oxygen atoms in total. The van der Waals surface area contributed by atoms with Crippen molar-refractivity contribution in [3.05, 3.63) is 59.9 Å². The van der Waals surface area contributed by atoms with Crippen molar-refractivity contribution >= 4 is 23.5 Å². The van der Waals surface area contributed by atoms with Gasteiger partial charge < -0.3 is 26.0 Å². The first-order chi connectivity index (χ1) is 16.9. The standard InChI is InChI=1S/C25H30FN5O4/c1-35-21-4-2-3-20(15-21)29-25(34)31-14-13-30(24(33)16-5-7-17(26)8-6-16)23(31)22(32)28-19-11-9-18(27)10-12-19/h2-8,15,18-19,23H,9-14,27H2,1H3,(H,28,32)(H,29,34).